The molecule has 0 saturated heterocycles. The highest BCUT2D eigenvalue weighted by atomic mass is 16.4. The number of benzene rings is 1. The Kier molecular flexibility index (Phi) is 4.06. The van der Waals surface area contributed by atoms with Crippen LogP contribution in [0.25, 0.3) is 6.08 Å². The van der Waals surface area contributed by atoms with Crippen LogP contribution in [-0.2, 0) is 11.2 Å². The third-order valence-corrected chi connectivity index (χ3v) is 2.04. The zero-order chi connectivity index (χ0) is 11.3. The summed E-state index contributed by atoms with van der Waals surface area (Å²) in [6, 6.07) is 7.74. The first kappa shape index (κ1) is 11.5. The first-order valence-corrected chi connectivity index (χ1v) is 4.81. The van der Waals surface area contributed by atoms with Crippen molar-refractivity contribution in [3.8, 4) is 0 Å². The number of hydrogen-bond donors (Lipinski definition) is 2. The SMILES string of the molecule is CCO.O=C(O)C1=Cc2ccccc2C1. The van der Waals surface area contributed by atoms with Crippen LogP contribution in [0.15, 0.2) is 29.8 Å². The zero-order valence-electron chi connectivity index (χ0n) is 8.60. The van der Waals surface area contributed by atoms with Gasteiger partial charge in [0, 0.05) is 18.6 Å². The minimum atomic E-state index is -0.814. The van der Waals surface area contributed by atoms with Crippen LogP contribution in [0.2, 0.25) is 0 Å². The predicted octanol–water partition coefficient (Wildman–Crippen LogP) is 1.71. The van der Waals surface area contributed by atoms with Crippen molar-refractivity contribution in [1.82, 2.24) is 0 Å². The van der Waals surface area contributed by atoms with Crippen molar-refractivity contribution in [3.05, 3.63) is 41.0 Å². The maximum atomic E-state index is 10.6. The molecule has 0 radical (unpaired) electrons. The minimum Gasteiger partial charge on any atom is -0.478 e. The normalized spacial score (nSPS) is 12.3. The largest absolute Gasteiger partial charge is 0.478 e. The molecule has 1 aliphatic rings. The number of aliphatic hydroxyl groups excluding tert-OH is 1. The molecule has 3 nitrogen and oxygen atoms in total. The van der Waals surface area contributed by atoms with Gasteiger partial charge in [-0.2, -0.15) is 0 Å². The standard InChI is InChI=1S/C10H8O2.C2H6O/c11-10(12)9-5-7-3-1-2-4-8(7)6-9;1-2-3/h1-5H,6H2,(H,11,12);3H,2H2,1H3. The fourth-order valence-corrected chi connectivity index (χ4v) is 1.42. The molecule has 2 rings (SSSR count). The molecular formula is C12H14O3. The van der Waals surface area contributed by atoms with Gasteiger partial charge in [-0.15, -0.1) is 0 Å². The quantitative estimate of drug-likeness (QED) is 0.735. The molecule has 0 heterocycles. The fraction of sp³-hybridized carbons (Fsp3) is 0.250. The molecule has 0 spiro atoms. The maximum Gasteiger partial charge on any atom is 0.331 e. The van der Waals surface area contributed by atoms with Crippen LogP contribution in [-0.4, -0.2) is 22.8 Å². The van der Waals surface area contributed by atoms with E-state index in [0.29, 0.717) is 12.0 Å². The van der Waals surface area contributed by atoms with E-state index in [1.54, 1.807) is 13.0 Å². The minimum absolute atomic E-state index is 0.250. The van der Waals surface area contributed by atoms with Gasteiger partial charge in [-0.05, 0) is 24.1 Å². The Morgan fingerprint density at radius 3 is 2.53 bits per heavy atom. The van der Waals surface area contributed by atoms with E-state index in [1.165, 1.54) is 0 Å². The van der Waals surface area contributed by atoms with Gasteiger partial charge in [-0.25, -0.2) is 4.79 Å². The summed E-state index contributed by atoms with van der Waals surface area (Å²) < 4.78 is 0. The predicted molar refractivity (Wildman–Crippen MR) is 58.5 cm³/mol. The number of carbonyl (C=O) groups is 1. The first-order chi connectivity index (χ1) is 7.19. The Bertz CT molecular complexity index is 380. The smallest absolute Gasteiger partial charge is 0.331 e. The monoisotopic (exact) mass is 206 g/mol. The van der Waals surface area contributed by atoms with E-state index >= 15 is 0 Å². The van der Waals surface area contributed by atoms with Gasteiger partial charge in [-0.1, -0.05) is 24.3 Å². The molecule has 1 aromatic carbocycles. The summed E-state index contributed by atoms with van der Waals surface area (Å²) >= 11 is 0. The van der Waals surface area contributed by atoms with Gasteiger partial charge in [0.2, 0.25) is 0 Å². The van der Waals surface area contributed by atoms with Gasteiger partial charge >= 0.3 is 5.97 Å². The molecule has 2 N–H and O–H groups in total. The summed E-state index contributed by atoms with van der Waals surface area (Å²) in [7, 11) is 0. The van der Waals surface area contributed by atoms with E-state index in [2.05, 4.69) is 0 Å². The lowest BCUT2D eigenvalue weighted by molar-refractivity contribution is -0.132. The van der Waals surface area contributed by atoms with Crippen LogP contribution in [0, 0.1) is 0 Å². The van der Waals surface area contributed by atoms with E-state index < -0.39 is 5.97 Å². The van der Waals surface area contributed by atoms with Gasteiger partial charge in [0.15, 0.2) is 0 Å². The fourth-order valence-electron chi connectivity index (χ4n) is 1.42. The summed E-state index contributed by atoms with van der Waals surface area (Å²) in [6.07, 6.45) is 2.29. The van der Waals surface area contributed by atoms with Crippen molar-refractivity contribution in [3.63, 3.8) is 0 Å². The van der Waals surface area contributed by atoms with Crippen LogP contribution in [0.1, 0.15) is 18.1 Å². The Balaban J connectivity index is 0.000000337. The van der Waals surface area contributed by atoms with Crippen LogP contribution in [0.5, 0.6) is 0 Å². The van der Waals surface area contributed by atoms with Gasteiger partial charge < -0.3 is 10.2 Å². The summed E-state index contributed by atoms with van der Waals surface area (Å²) in [6.45, 7) is 1.93. The van der Waals surface area contributed by atoms with E-state index in [1.807, 2.05) is 24.3 Å². The number of aliphatic carboxylic acids is 1. The number of carboxylic acids is 1. The molecule has 80 valence electrons. The van der Waals surface area contributed by atoms with Crippen molar-refractivity contribution >= 4 is 12.0 Å². The summed E-state index contributed by atoms with van der Waals surface area (Å²) in [5, 5.41) is 16.3. The highest BCUT2D eigenvalue weighted by molar-refractivity contribution is 5.95. The topological polar surface area (TPSA) is 57.5 Å². The molecule has 15 heavy (non-hydrogen) atoms. The third-order valence-electron chi connectivity index (χ3n) is 2.04. The average Bonchev–Trinajstić information content (AvgIpc) is 2.62. The molecule has 0 fully saturated rings. The van der Waals surface area contributed by atoms with E-state index in [0.717, 1.165) is 11.1 Å². The molecule has 0 bridgehead atoms. The van der Waals surface area contributed by atoms with Crippen LogP contribution >= 0.6 is 0 Å². The molecule has 0 amide bonds. The molecule has 0 atom stereocenters. The zero-order valence-corrected chi connectivity index (χ0v) is 8.60. The Labute approximate surface area is 88.7 Å². The lowest BCUT2D eigenvalue weighted by atomic mass is 10.1. The van der Waals surface area contributed by atoms with E-state index in [4.69, 9.17) is 10.2 Å². The Morgan fingerprint density at radius 2 is 2.00 bits per heavy atom. The number of aliphatic hydroxyl groups is 1. The number of carboxylic acid groups (broad SMARTS) is 1. The highest BCUT2D eigenvalue weighted by Gasteiger charge is 2.16. The molecule has 0 aromatic heterocycles. The van der Waals surface area contributed by atoms with Crippen LogP contribution in [0.3, 0.4) is 0 Å². The van der Waals surface area contributed by atoms with Gasteiger partial charge in [0.1, 0.15) is 0 Å². The van der Waals surface area contributed by atoms with E-state index in [-0.39, 0.29) is 6.61 Å². The van der Waals surface area contributed by atoms with Crippen molar-refractivity contribution in [2.45, 2.75) is 13.3 Å². The molecule has 1 aliphatic carbocycles. The second-order valence-corrected chi connectivity index (χ2v) is 3.17. The van der Waals surface area contributed by atoms with E-state index in [9.17, 15) is 4.79 Å². The number of fused-ring (bicyclic) bond motifs is 1. The van der Waals surface area contributed by atoms with Crippen molar-refractivity contribution in [1.29, 1.82) is 0 Å². The van der Waals surface area contributed by atoms with Crippen molar-refractivity contribution in [2.75, 3.05) is 6.61 Å². The lowest BCUT2D eigenvalue weighted by Crippen LogP contribution is -1.99. The summed E-state index contributed by atoms with van der Waals surface area (Å²) in [4.78, 5) is 10.6. The number of rotatable bonds is 1. The second-order valence-electron chi connectivity index (χ2n) is 3.17. The van der Waals surface area contributed by atoms with Gasteiger partial charge in [0.05, 0.1) is 0 Å². The molecule has 3 heteroatoms. The first-order valence-electron chi connectivity index (χ1n) is 4.81. The molecular weight excluding hydrogens is 192 g/mol. The van der Waals surface area contributed by atoms with Crippen molar-refractivity contribution < 1.29 is 15.0 Å². The van der Waals surface area contributed by atoms with Crippen molar-refractivity contribution in [2.24, 2.45) is 0 Å². The van der Waals surface area contributed by atoms with Gasteiger partial charge in [0.25, 0.3) is 0 Å². The molecule has 0 aliphatic heterocycles. The lowest BCUT2D eigenvalue weighted by Gasteiger charge is -1.94. The Morgan fingerprint density at radius 1 is 1.40 bits per heavy atom. The molecule has 0 saturated carbocycles. The van der Waals surface area contributed by atoms with Crippen LogP contribution in [0.4, 0.5) is 0 Å². The van der Waals surface area contributed by atoms with Crippen LogP contribution < -0.4 is 0 Å². The molecule has 0 unspecified atom stereocenters. The molecule has 1 aromatic rings. The highest BCUT2D eigenvalue weighted by Crippen LogP contribution is 2.24. The average molecular weight is 206 g/mol. The summed E-state index contributed by atoms with van der Waals surface area (Å²) in [5.74, 6) is -0.814. The second kappa shape index (κ2) is 5.32. The number of hydrogen-bond acceptors (Lipinski definition) is 2. The summed E-state index contributed by atoms with van der Waals surface area (Å²) in [5.41, 5.74) is 2.63. The maximum absolute atomic E-state index is 10.6. The van der Waals surface area contributed by atoms with Gasteiger partial charge in [-0.3, -0.25) is 0 Å². The third kappa shape index (κ3) is 2.92. The Hall–Kier alpha value is -1.61.